The summed E-state index contributed by atoms with van der Waals surface area (Å²) in [6, 6.07) is 13.1. The second kappa shape index (κ2) is 8.87. The SMILES string of the molecule is CCC(=O)Nc1cc(NC(=O)COc2ccc(CC)cc2)ccc1C. The smallest absolute Gasteiger partial charge is 0.262 e. The van der Waals surface area contributed by atoms with Crippen LogP contribution in [0.3, 0.4) is 0 Å². The van der Waals surface area contributed by atoms with Crippen LogP contribution in [0.1, 0.15) is 31.4 Å². The first-order chi connectivity index (χ1) is 12.0. The summed E-state index contributed by atoms with van der Waals surface area (Å²) in [6.07, 6.45) is 1.37. The van der Waals surface area contributed by atoms with Crippen molar-refractivity contribution < 1.29 is 14.3 Å². The summed E-state index contributed by atoms with van der Waals surface area (Å²) < 4.78 is 5.49. The number of hydrogen-bond acceptors (Lipinski definition) is 3. The molecule has 0 radical (unpaired) electrons. The van der Waals surface area contributed by atoms with Gasteiger partial charge >= 0.3 is 0 Å². The number of hydrogen-bond donors (Lipinski definition) is 2. The Bertz CT molecular complexity index is 739. The third kappa shape index (κ3) is 5.64. The quantitative estimate of drug-likeness (QED) is 0.803. The number of amides is 2. The largest absolute Gasteiger partial charge is 0.484 e. The van der Waals surface area contributed by atoms with Crippen molar-refractivity contribution in [2.24, 2.45) is 0 Å². The summed E-state index contributed by atoms with van der Waals surface area (Å²) in [6.45, 7) is 5.71. The normalized spacial score (nSPS) is 10.2. The first-order valence-electron chi connectivity index (χ1n) is 8.44. The highest BCUT2D eigenvalue weighted by Crippen LogP contribution is 2.20. The Balaban J connectivity index is 1.93. The van der Waals surface area contributed by atoms with Crippen LogP contribution in [-0.2, 0) is 16.0 Å². The average molecular weight is 340 g/mol. The first kappa shape index (κ1) is 18.5. The molecule has 0 aliphatic rings. The number of benzene rings is 2. The molecule has 0 bridgehead atoms. The molecular formula is C20H24N2O3. The molecule has 0 saturated carbocycles. The van der Waals surface area contributed by atoms with E-state index in [1.54, 1.807) is 19.1 Å². The van der Waals surface area contributed by atoms with Crippen molar-refractivity contribution in [1.82, 2.24) is 0 Å². The van der Waals surface area contributed by atoms with Gasteiger partial charge in [-0.15, -0.1) is 0 Å². The lowest BCUT2D eigenvalue weighted by atomic mass is 10.1. The molecule has 2 aromatic carbocycles. The van der Waals surface area contributed by atoms with E-state index in [9.17, 15) is 9.59 Å². The molecule has 0 unspecified atom stereocenters. The summed E-state index contributed by atoms with van der Waals surface area (Å²) >= 11 is 0. The zero-order valence-corrected chi connectivity index (χ0v) is 14.9. The number of nitrogens with one attached hydrogen (secondary N) is 2. The molecule has 0 aromatic heterocycles. The van der Waals surface area contributed by atoms with E-state index in [1.165, 1.54) is 5.56 Å². The van der Waals surface area contributed by atoms with Gasteiger partial charge in [0.15, 0.2) is 6.61 Å². The number of ether oxygens (including phenoxy) is 1. The van der Waals surface area contributed by atoms with E-state index in [0.29, 0.717) is 23.5 Å². The van der Waals surface area contributed by atoms with Gasteiger partial charge in [-0.25, -0.2) is 0 Å². The van der Waals surface area contributed by atoms with Crippen molar-refractivity contribution in [3.05, 3.63) is 53.6 Å². The number of anilines is 2. The summed E-state index contributed by atoms with van der Waals surface area (Å²) in [7, 11) is 0. The van der Waals surface area contributed by atoms with Crippen LogP contribution in [-0.4, -0.2) is 18.4 Å². The maximum Gasteiger partial charge on any atom is 0.262 e. The molecule has 0 heterocycles. The predicted molar refractivity (Wildman–Crippen MR) is 100 cm³/mol. The van der Waals surface area contributed by atoms with E-state index < -0.39 is 0 Å². The third-order valence-corrected chi connectivity index (χ3v) is 3.82. The molecule has 0 saturated heterocycles. The number of carbonyl (C=O) groups excluding carboxylic acids is 2. The zero-order valence-electron chi connectivity index (χ0n) is 14.9. The molecule has 0 aliphatic heterocycles. The molecule has 2 N–H and O–H groups in total. The van der Waals surface area contributed by atoms with Crippen molar-refractivity contribution >= 4 is 23.2 Å². The van der Waals surface area contributed by atoms with Gasteiger partial charge in [-0.05, 0) is 48.7 Å². The zero-order chi connectivity index (χ0) is 18.2. The predicted octanol–water partition coefficient (Wildman–Crippen LogP) is 3.92. The van der Waals surface area contributed by atoms with Crippen LogP contribution < -0.4 is 15.4 Å². The van der Waals surface area contributed by atoms with Gasteiger partial charge in [0.05, 0.1) is 0 Å². The summed E-state index contributed by atoms with van der Waals surface area (Å²) in [5, 5.41) is 5.60. The van der Waals surface area contributed by atoms with Crippen molar-refractivity contribution in [3.8, 4) is 5.75 Å². The molecule has 0 aliphatic carbocycles. The fourth-order valence-electron chi connectivity index (χ4n) is 2.24. The van der Waals surface area contributed by atoms with Gasteiger partial charge in [-0.2, -0.15) is 0 Å². The van der Waals surface area contributed by atoms with Crippen LogP contribution in [0.4, 0.5) is 11.4 Å². The van der Waals surface area contributed by atoms with Gasteiger partial charge in [0, 0.05) is 17.8 Å². The van der Waals surface area contributed by atoms with Crippen LogP contribution in [0, 0.1) is 6.92 Å². The topological polar surface area (TPSA) is 67.4 Å². The van der Waals surface area contributed by atoms with Gasteiger partial charge in [0.2, 0.25) is 5.91 Å². The number of carbonyl (C=O) groups is 2. The maximum atomic E-state index is 12.1. The Hall–Kier alpha value is -2.82. The molecule has 25 heavy (non-hydrogen) atoms. The third-order valence-electron chi connectivity index (χ3n) is 3.82. The minimum absolute atomic E-state index is 0.0644. The lowest BCUT2D eigenvalue weighted by Gasteiger charge is -2.12. The van der Waals surface area contributed by atoms with Crippen molar-refractivity contribution in [2.75, 3.05) is 17.2 Å². The molecule has 2 aromatic rings. The monoisotopic (exact) mass is 340 g/mol. The Labute approximate surface area is 148 Å². The fourth-order valence-corrected chi connectivity index (χ4v) is 2.24. The van der Waals surface area contributed by atoms with E-state index >= 15 is 0 Å². The Kier molecular flexibility index (Phi) is 6.57. The molecular weight excluding hydrogens is 316 g/mol. The maximum absolute atomic E-state index is 12.1. The van der Waals surface area contributed by atoms with Crippen LogP contribution in [0.5, 0.6) is 5.75 Å². The molecule has 0 spiro atoms. The second-order valence-electron chi connectivity index (χ2n) is 5.77. The number of rotatable bonds is 7. The Morgan fingerprint density at radius 2 is 1.68 bits per heavy atom. The fraction of sp³-hybridized carbons (Fsp3) is 0.300. The van der Waals surface area contributed by atoms with Crippen LogP contribution in [0.15, 0.2) is 42.5 Å². The molecule has 0 fully saturated rings. The van der Waals surface area contributed by atoms with Crippen molar-refractivity contribution in [1.29, 1.82) is 0 Å². The van der Waals surface area contributed by atoms with E-state index in [1.807, 2.05) is 37.3 Å². The molecule has 0 atom stereocenters. The molecule has 2 rings (SSSR count). The standard InChI is InChI=1S/C20H24N2O3/c1-4-15-7-10-17(11-8-15)25-13-20(24)21-16-9-6-14(3)18(12-16)22-19(23)5-2/h6-12H,4-5,13H2,1-3H3,(H,21,24)(H,22,23). The average Bonchev–Trinajstić information content (AvgIpc) is 2.63. The molecule has 5 nitrogen and oxygen atoms in total. The van der Waals surface area contributed by atoms with E-state index in [2.05, 4.69) is 17.6 Å². The van der Waals surface area contributed by atoms with Crippen molar-refractivity contribution in [3.63, 3.8) is 0 Å². The van der Waals surface area contributed by atoms with Gasteiger partial charge in [-0.1, -0.05) is 32.0 Å². The summed E-state index contributed by atoms with van der Waals surface area (Å²) in [5.74, 6) is 0.341. The van der Waals surface area contributed by atoms with Gasteiger partial charge in [0.25, 0.3) is 5.91 Å². The lowest BCUT2D eigenvalue weighted by molar-refractivity contribution is -0.118. The highest BCUT2D eigenvalue weighted by molar-refractivity contribution is 5.95. The Morgan fingerprint density at radius 3 is 2.32 bits per heavy atom. The van der Waals surface area contributed by atoms with Crippen LogP contribution >= 0.6 is 0 Å². The molecule has 132 valence electrons. The van der Waals surface area contributed by atoms with Crippen molar-refractivity contribution in [2.45, 2.75) is 33.6 Å². The summed E-state index contributed by atoms with van der Waals surface area (Å²) in [4.78, 5) is 23.6. The van der Waals surface area contributed by atoms with Crippen LogP contribution in [0.2, 0.25) is 0 Å². The van der Waals surface area contributed by atoms with Crippen LogP contribution in [0.25, 0.3) is 0 Å². The highest BCUT2D eigenvalue weighted by atomic mass is 16.5. The van der Waals surface area contributed by atoms with Gasteiger partial charge in [-0.3, -0.25) is 9.59 Å². The lowest BCUT2D eigenvalue weighted by Crippen LogP contribution is -2.20. The molecule has 5 heteroatoms. The van der Waals surface area contributed by atoms with Gasteiger partial charge < -0.3 is 15.4 Å². The van der Waals surface area contributed by atoms with E-state index in [0.717, 1.165) is 12.0 Å². The van der Waals surface area contributed by atoms with E-state index in [4.69, 9.17) is 4.74 Å². The van der Waals surface area contributed by atoms with Gasteiger partial charge in [0.1, 0.15) is 5.75 Å². The summed E-state index contributed by atoms with van der Waals surface area (Å²) in [5.41, 5.74) is 3.47. The molecule has 2 amide bonds. The Morgan fingerprint density at radius 1 is 0.960 bits per heavy atom. The minimum atomic E-state index is -0.254. The number of aryl methyl sites for hydroxylation is 2. The second-order valence-corrected chi connectivity index (χ2v) is 5.77. The highest BCUT2D eigenvalue weighted by Gasteiger charge is 2.07. The minimum Gasteiger partial charge on any atom is -0.484 e. The van der Waals surface area contributed by atoms with E-state index in [-0.39, 0.29) is 18.4 Å². The first-order valence-corrected chi connectivity index (χ1v) is 8.44.